The molecule has 0 aromatic carbocycles. The predicted molar refractivity (Wildman–Crippen MR) is 53.8 cm³/mol. The van der Waals surface area contributed by atoms with Crippen LogP contribution in [0.3, 0.4) is 0 Å². The van der Waals surface area contributed by atoms with Gasteiger partial charge in [-0.15, -0.1) is 5.10 Å². The number of hydrogen-bond acceptors (Lipinski definition) is 4. The molecule has 0 N–H and O–H groups in total. The van der Waals surface area contributed by atoms with Crippen molar-refractivity contribution >= 4 is 31.3 Å². The zero-order valence-electron chi connectivity index (χ0n) is 7.18. The standard InChI is InChI=1S/C7H6BrN3O2S/c1-14(12,13)7-9-4-5-2-3-6(8)11(5)10-7/h2-4H,1H3. The molecule has 0 amide bonds. The van der Waals surface area contributed by atoms with Crippen molar-refractivity contribution in [2.24, 2.45) is 0 Å². The number of rotatable bonds is 1. The molecule has 0 fully saturated rings. The molecule has 7 heteroatoms. The monoisotopic (exact) mass is 275 g/mol. The van der Waals surface area contributed by atoms with E-state index in [2.05, 4.69) is 26.0 Å². The lowest BCUT2D eigenvalue weighted by molar-refractivity contribution is 0.587. The highest BCUT2D eigenvalue weighted by Crippen LogP contribution is 2.14. The van der Waals surface area contributed by atoms with Crippen molar-refractivity contribution in [2.45, 2.75) is 5.16 Å². The number of sulfone groups is 1. The summed E-state index contributed by atoms with van der Waals surface area (Å²) in [7, 11) is -3.35. The third-order valence-electron chi connectivity index (χ3n) is 1.66. The van der Waals surface area contributed by atoms with Crippen LogP contribution in [0.2, 0.25) is 0 Å². The van der Waals surface area contributed by atoms with Crippen LogP contribution >= 0.6 is 15.9 Å². The summed E-state index contributed by atoms with van der Waals surface area (Å²) in [4.78, 5) is 3.75. The highest BCUT2D eigenvalue weighted by Gasteiger charge is 2.12. The van der Waals surface area contributed by atoms with Gasteiger partial charge in [-0.25, -0.2) is 17.9 Å². The number of nitrogens with zero attached hydrogens (tertiary/aromatic N) is 3. The van der Waals surface area contributed by atoms with Crippen LogP contribution in [0.1, 0.15) is 0 Å². The number of halogens is 1. The molecule has 0 aliphatic heterocycles. The van der Waals surface area contributed by atoms with Crippen LogP contribution in [0.4, 0.5) is 0 Å². The first-order valence-corrected chi connectivity index (χ1v) is 6.37. The van der Waals surface area contributed by atoms with E-state index in [1.54, 1.807) is 12.1 Å². The van der Waals surface area contributed by atoms with Crippen LogP contribution in [0, 0.1) is 0 Å². The summed E-state index contributed by atoms with van der Waals surface area (Å²) in [6.07, 6.45) is 2.54. The Bertz CT molecular complexity index is 590. The zero-order valence-corrected chi connectivity index (χ0v) is 9.58. The summed E-state index contributed by atoms with van der Waals surface area (Å²) in [5.41, 5.74) is 0.740. The molecule has 0 aliphatic carbocycles. The summed E-state index contributed by atoms with van der Waals surface area (Å²) < 4.78 is 24.5. The van der Waals surface area contributed by atoms with Gasteiger partial charge in [-0.1, -0.05) is 0 Å². The molecule has 5 nitrogen and oxygen atoms in total. The van der Waals surface area contributed by atoms with Crippen molar-refractivity contribution in [3.63, 3.8) is 0 Å². The van der Waals surface area contributed by atoms with E-state index in [-0.39, 0.29) is 5.16 Å². The minimum absolute atomic E-state index is 0.179. The highest BCUT2D eigenvalue weighted by atomic mass is 79.9. The first kappa shape index (κ1) is 9.60. The molecule has 0 aliphatic rings. The molecule has 0 bridgehead atoms. The van der Waals surface area contributed by atoms with Gasteiger partial charge in [0.05, 0.1) is 11.7 Å². The SMILES string of the molecule is CS(=O)(=O)c1ncc2ccc(Br)n2n1. The number of aromatic nitrogens is 3. The van der Waals surface area contributed by atoms with Crippen molar-refractivity contribution in [1.82, 2.24) is 14.6 Å². The lowest BCUT2D eigenvalue weighted by Gasteiger charge is -1.98. The maximum atomic E-state index is 11.2. The summed E-state index contributed by atoms with van der Waals surface area (Å²) in [5, 5.41) is 3.70. The van der Waals surface area contributed by atoms with Gasteiger partial charge in [0.1, 0.15) is 4.60 Å². The zero-order chi connectivity index (χ0) is 10.3. The molecular formula is C7H6BrN3O2S. The van der Waals surface area contributed by atoms with Gasteiger partial charge in [0.2, 0.25) is 9.84 Å². The molecule has 0 radical (unpaired) electrons. The second-order valence-electron chi connectivity index (χ2n) is 2.81. The lowest BCUT2D eigenvalue weighted by atomic mass is 10.5. The molecule has 0 unspecified atom stereocenters. The Morgan fingerprint density at radius 2 is 2.14 bits per heavy atom. The number of fused-ring (bicyclic) bond motifs is 1. The molecule has 14 heavy (non-hydrogen) atoms. The van der Waals surface area contributed by atoms with E-state index in [1.807, 2.05) is 0 Å². The van der Waals surface area contributed by atoms with Gasteiger partial charge in [0, 0.05) is 6.26 Å². The lowest BCUT2D eigenvalue weighted by Crippen LogP contribution is -2.07. The van der Waals surface area contributed by atoms with Crippen LogP contribution in [-0.4, -0.2) is 29.3 Å². The predicted octanol–water partition coefficient (Wildman–Crippen LogP) is 0.895. The molecule has 0 atom stereocenters. The summed E-state index contributed by atoms with van der Waals surface area (Å²) in [5.74, 6) is 0. The molecule has 2 heterocycles. The van der Waals surface area contributed by atoms with E-state index in [4.69, 9.17) is 0 Å². The minimum atomic E-state index is -3.35. The fourth-order valence-electron chi connectivity index (χ4n) is 1.02. The minimum Gasteiger partial charge on any atom is -0.223 e. The van der Waals surface area contributed by atoms with E-state index in [0.29, 0.717) is 4.60 Å². The van der Waals surface area contributed by atoms with E-state index >= 15 is 0 Å². The molecule has 2 aromatic rings. The second kappa shape index (κ2) is 3.03. The van der Waals surface area contributed by atoms with Gasteiger partial charge in [-0.05, 0) is 28.1 Å². The smallest absolute Gasteiger partial charge is 0.223 e. The number of hydrogen-bond donors (Lipinski definition) is 0. The molecule has 0 saturated heterocycles. The Morgan fingerprint density at radius 3 is 2.79 bits per heavy atom. The van der Waals surface area contributed by atoms with Crippen LogP contribution in [0.15, 0.2) is 28.1 Å². The fourth-order valence-corrected chi connectivity index (χ4v) is 1.91. The first-order chi connectivity index (χ1) is 6.48. The third kappa shape index (κ3) is 1.53. The average molecular weight is 276 g/mol. The van der Waals surface area contributed by atoms with Crippen molar-refractivity contribution in [3.8, 4) is 0 Å². The van der Waals surface area contributed by atoms with Crippen LogP contribution < -0.4 is 0 Å². The Balaban J connectivity index is 2.79. The van der Waals surface area contributed by atoms with Gasteiger partial charge in [0.25, 0.3) is 5.16 Å². The Hall–Kier alpha value is -0.950. The van der Waals surface area contributed by atoms with Gasteiger partial charge >= 0.3 is 0 Å². The Morgan fingerprint density at radius 1 is 1.43 bits per heavy atom. The molecule has 2 rings (SSSR count). The van der Waals surface area contributed by atoms with Gasteiger partial charge in [-0.3, -0.25) is 0 Å². The fraction of sp³-hybridized carbons (Fsp3) is 0.143. The maximum Gasteiger partial charge on any atom is 0.265 e. The summed E-state index contributed by atoms with van der Waals surface area (Å²) in [6, 6.07) is 3.56. The van der Waals surface area contributed by atoms with Crippen LogP contribution in [-0.2, 0) is 9.84 Å². The van der Waals surface area contributed by atoms with Crippen LogP contribution in [0.5, 0.6) is 0 Å². The molecule has 74 valence electrons. The first-order valence-electron chi connectivity index (χ1n) is 3.69. The molecule has 2 aromatic heterocycles. The normalized spacial score (nSPS) is 12.1. The maximum absolute atomic E-state index is 11.2. The van der Waals surface area contributed by atoms with Gasteiger partial charge in [-0.2, -0.15) is 0 Å². The van der Waals surface area contributed by atoms with Crippen LogP contribution in [0.25, 0.3) is 5.52 Å². The molecular weight excluding hydrogens is 270 g/mol. The largest absolute Gasteiger partial charge is 0.265 e. The van der Waals surface area contributed by atoms with Crippen molar-refractivity contribution < 1.29 is 8.42 Å². The van der Waals surface area contributed by atoms with E-state index < -0.39 is 9.84 Å². The summed E-state index contributed by atoms with van der Waals surface area (Å²) in [6.45, 7) is 0. The third-order valence-corrected chi connectivity index (χ3v) is 3.11. The average Bonchev–Trinajstić information content (AvgIpc) is 2.46. The van der Waals surface area contributed by atoms with Gasteiger partial charge < -0.3 is 0 Å². The van der Waals surface area contributed by atoms with E-state index in [9.17, 15) is 8.42 Å². The molecule has 0 spiro atoms. The Labute approximate surface area is 88.8 Å². The van der Waals surface area contributed by atoms with E-state index in [0.717, 1.165) is 11.8 Å². The highest BCUT2D eigenvalue weighted by molar-refractivity contribution is 9.10. The topological polar surface area (TPSA) is 64.3 Å². The second-order valence-corrected chi connectivity index (χ2v) is 5.53. The van der Waals surface area contributed by atoms with Crippen molar-refractivity contribution in [2.75, 3.05) is 6.26 Å². The molecule has 0 saturated carbocycles. The van der Waals surface area contributed by atoms with Crippen molar-refractivity contribution in [1.29, 1.82) is 0 Å². The van der Waals surface area contributed by atoms with E-state index in [1.165, 1.54) is 10.7 Å². The Kier molecular flexibility index (Phi) is 2.07. The summed E-state index contributed by atoms with van der Waals surface area (Å²) >= 11 is 3.25. The van der Waals surface area contributed by atoms with Gasteiger partial charge in [0.15, 0.2) is 0 Å². The quantitative estimate of drug-likeness (QED) is 0.776. The van der Waals surface area contributed by atoms with Crippen molar-refractivity contribution in [3.05, 3.63) is 22.9 Å².